The van der Waals surface area contributed by atoms with Crippen molar-refractivity contribution in [1.82, 2.24) is 20.2 Å². The van der Waals surface area contributed by atoms with Crippen molar-refractivity contribution in [2.45, 2.75) is 26.3 Å². The Bertz CT molecular complexity index is 543. The Kier molecular flexibility index (Phi) is 4.40. The van der Waals surface area contributed by atoms with Crippen LogP contribution in [0.2, 0.25) is 0 Å². The van der Waals surface area contributed by atoms with Crippen molar-refractivity contribution in [3.63, 3.8) is 0 Å². The van der Waals surface area contributed by atoms with Gasteiger partial charge in [0.15, 0.2) is 0 Å². The first-order chi connectivity index (χ1) is 10.6. The van der Waals surface area contributed by atoms with Gasteiger partial charge in [-0.25, -0.2) is 0 Å². The highest BCUT2D eigenvalue weighted by Crippen LogP contribution is 2.44. The fourth-order valence-electron chi connectivity index (χ4n) is 3.83. The molecule has 3 heterocycles. The standard InChI is InChI=1S/C16H24N4O2/c1-12-7-18-8-13(19-12)9-20-10-14(15(21)17-2)16(11-20)3-5-22-6-4-16/h7-8,14H,3-6,9-11H2,1-2H3,(H,17,21). The van der Waals surface area contributed by atoms with Crippen LogP contribution in [0, 0.1) is 18.3 Å². The van der Waals surface area contributed by atoms with Crippen molar-refractivity contribution < 1.29 is 9.53 Å². The van der Waals surface area contributed by atoms with E-state index in [-0.39, 0.29) is 17.2 Å². The number of carbonyl (C=O) groups is 1. The number of carbonyl (C=O) groups excluding carboxylic acids is 1. The number of aromatic nitrogens is 2. The summed E-state index contributed by atoms with van der Waals surface area (Å²) in [6, 6.07) is 0. The van der Waals surface area contributed by atoms with Crippen LogP contribution in [-0.4, -0.2) is 54.1 Å². The highest BCUT2D eigenvalue weighted by atomic mass is 16.5. The van der Waals surface area contributed by atoms with Gasteiger partial charge in [-0.3, -0.25) is 19.7 Å². The maximum atomic E-state index is 12.3. The van der Waals surface area contributed by atoms with Crippen molar-refractivity contribution in [2.24, 2.45) is 11.3 Å². The normalized spacial score (nSPS) is 24.5. The summed E-state index contributed by atoms with van der Waals surface area (Å²) in [5.74, 6) is 0.193. The fraction of sp³-hybridized carbons (Fsp3) is 0.688. The van der Waals surface area contributed by atoms with Crippen LogP contribution in [-0.2, 0) is 16.1 Å². The summed E-state index contributed by atoms with van der Waals surface area (Å²) in [7, 11) is 1.73. The summed E-state index contributed by atoms with van der Waals surface area (Å²) in [5, 5.41) is 2.84. The maximum Gasteiger partial charge on any atom is 0.224 e. The van der Waals surface area contributed by atoms with Crippen LogP contribution < -0.4 is 5.32 Å². The summed E-state index contributed by atoms with van der Waals surface area (Å²) in [4.78, 5) is 23.4. The van der Waals surface area contributed by atoms with Crippen LogP contribution in [0.1, 0.15) is 24.2 Å². The van der Waals surface area contributed by atoms with Gasteiger partial charge in [0, 0.05) is 57.7 Å². The van der Waals surface area contributed by atoms with Crippen LogP contribution >= 0.6 is 0 Å². The number of nitrogens with one attached hydrogen (secondary N) is 1. The Morgan fingerprint density at radius 2 is 2.23 bits per heavy atom. The third-order valence-corrected chi connectivity index (χ3v) is 4.96. The van der Waals surface area contributed by atoms with Gasteiger partial charge in [0.1, 0.15) is 0 Å². The van der Waals surface area contributed by atoms with E-state index in [4.69, 9.17) is 4.74 Å². The van der Waals surface area contributed by atoms with Gasteiger partial charge < -0.3 is 10.1 Å². The summed E-state index contributed by atoms with van der Waals surface area (Å²) >= 11 is 0. The van der Waals surface area contributed by atoms with E-state index in [2.05, 4.69) is 20.2 Å². The Morgan fingerprint density at radius 3 is 2.91 bits per heavy atom. The molecule has 1 aromatic rings. The second kappa shape index (κ2) is 6.30. The molecule has 2 fully saturated rings. The maximum absolute atomic E-state index is 12.3. The Balaban J connectivity index is 1.76. The van der Waals surface area contributed by atoms with Crippen LogP contribution in [0.15, 0.2) is 12.4 Å². The Morgan fingerprint density at radius 1 is 1.45 bits per heavy atom. The number of aryl methyl sites for hydroxylation is 1. The summed E-state index contributed by atoms with van der Waals surface area (Å²) in [5.41, 5.74) is 1.95. The van der Waals surface area contributed by atoms with Crippen molar-refractivity contribution in [3.05, 3.63) is 23.8 Å². The molecule has 3 rings (SSSR count). The molecule has 1 N–H and O–H groups in total. The minimum Gasteiger partial charge on any atom is -0.381 e. The minimum atomic E-state index is 0.0409. The largest absolute Gasteiger partial charge is 0.381 e. The highest BCUT2D eigenvalue weighted by Gasteiger charge is 2.50. The molecule has 120 valence electrons. The number of rotatable bonds is 3. The van der Waals surface area contributed by atoms with E-state index in [1.165, 1.54) is 0 Å². The number of hydrogen-bond acceptors (Lipinski definition) is 5. The second-order valence-corrected chi connectivity index (χ2v) is 6.46. The zero-order chi connectivity index (χ0) is 15.6. The van der Waals surface area contributed by atoms with Gasteiger partial charge in [-0.05, 0) is 19.8 Å². The molecule has 6 heteroatoms. The van der Waals surface area contributed by atoms with E-state index in [1.807, 2.05) is 13.1 Å². The molecule has 22 heavy (non-hydrogen) atoms. The molecule has 1 atom stereocenters. The lowest BCUT2D eigenvalue weighted by molar-refractivity contribution is -0.129. The third-order valence-electron chi connectivity index (χ3n) is 4.96. The summed E-state index contributed by atoms with van der Waals surface area (Å²) in [6.07, 6.45) is 5.50. The van der Waals surface area contributed by atoms with Gasteiger partial charge >= 0.3 is 0 Å². The van der Waals surface area contributed by atoms with E-state index >= 15 is 0 Å². The zero-order valence-corrected chi connectivity index (χ0v) is 13.3. The predicted octanol–water partition coefficient (Wildman–Crippen LogP) is 0.760. The van der Waals surface area contributed by atoms with E-state index in [0.29, 0.717) is 0 Å². The molecule has 6 nitrogen and oxygen atoms in total. The molecule has 0 aromatic carbocycles. The quantitative estimate of drug-likeness (QED) is 0.893. The molecule has 0 bridgehead atoms. The monoisotopic (exact) mass is 304 g/mol. The first kappa shape index (κ1) is 15.4. The van der Waals surface area contributed by atoms with Crippen LogP contribution in [0.25, 0.3) is 0 Å². The van der Waals surface area contributed by atoms with Crippen molar-refractivity contribution in [3.8, 4) is 0 Å². The van der Waals surface area contributed by atoms with Gasteiger partial charge in [0.2, 0.25) is 5.91 Å². The molecule has 2 aliphatic rings. The molecule has 1 spiro atoms. The SMILES string of the molecule is CNC(=O)C1CN(Cc2cncc(C)n2)CC12CCOCC2. The predicted molar refractivity (Wildman–Crippen MR) is 82.1 cm³/mol. The molecular weight excluding hydrogens is 280 g/mol. The minimum absolute atomic E-state index is 0.0409. The molecular formula is C16H24N4O2. The lowest BCUT2D eigenvalue weighted by atomic mass is 9.72. The number of hydrogen-bond donors (Lipinski definition) is 1. The number of amides is 1. The van der Waals surface area contributed by atoms with E-state index < -0.39 is 0 Å². The van der Waals surface area contributed by atoms with Crippen LogP contribution in [0.5, 0.6) is 0 Å². The van der Waals surface area contributed by atoms with Gasteiger partial charge in [0.05, 0.1) is 17.3 Å². The van der Waals surface area contributed by atoms with E-state index in [0.717, 1.165) is 57.1 Å². The van der Waals surface area contributed by atoms with Gasteiger partial charge in [0.25, 0.3) is 0 Å². The molecule has 2 aliphatic heterocycles. The average Bonchev–Trinajstić information content (AvgIpc) is 2.85. The van der Waals surface area contributed by atoms with Crippen molar-refractivity contribution in [1.29, 1.82) is 0 Å². The first-order valence-electron chi connectivity index (χ1n) is 7.92. The van der Waals surface area contributed by atoms with Gasteiger partial charge in [-0.15, -0.1) is 0 Å². The van der Waals surface area contributed by atoms with Crippen LogP contribution in [0.4, 0.5) is 0 Å². The first-order valence-corrected chi connectivity index (χ1v) is 7.92. The number of ether oxygens (including phenoxy) is 1. The smallest absolute Gasteiger partial charge is 0.224 e. The molecule has 2 saturated heterocycles. The third kappa shape index (κ3) is 2.98. The molecule has 1 amide bonds. The molecule has 0 saturated carbocycles. The second-order valence-electron chi connectivity index (χ2n) is 6.46. The van der Waals surface area contributed by atoms with Crippen molar-refractivity contribution >= 4 is 5.91 Å². The average molecular weight is 304 g/mol. The molecule has 0 aliphatic carbocycles. The van der Waals surface area contributed by atoms with Gasteiger partial charge in [-0.2, -0.15) is 0 Å². The Labute approximate surface area is 131 Å². The highest BCUT2D eigenvalue weighted by molar-refractivity contribution is 5.80. The van der Waals surface area contributed by atoms with Gasteiger partial charge in [-0.1, -0.05) is 0 Å². The molecule has 1 unspecified atom stereocenters. The Hall–Kier alpha value is -1.53. The van der Waals surface area contributed by atoms with Crippen LogP contribution in [0.3, 0.4) is 0 Å². The number of nitrogens with zero attached hydrogens (tertiary/aromatic N) is 3. The lowest BCUT2D eigenvalue weighted by Gasteiger charge is -2.37. The fourth-order valence-corrected chi connectivity index (χ4v) is 3.83. The summed E-state index contributed by atoms with van der Waals surface area (Å²) < 4.78 is 5.51. The zero-order valence-electron chi connectivity index (χ0n) is 13.3. The van der Waals surface area contributed by atoms with E-state index in [9.17, 15) is 4.79 Å². The lowest BCUT2D eigenvalue weighted by Crippen LogP contribution is -2.43. The van der Waals surface area contributed by atoms with E-state index in [1.54, 1.807) is 13.2 Å². The number of likely N-dealkylation sites (tertiary alicyclic amines) is 1. The van der Waals surface area contributed by atoms with Crippen molar-refractivity contribution in [2.75, 3.05) is 33.4 Å². The molecule has 0 radical (unpaired) electrons. The topological polar surface area (TPSA) is 67.4 Å². The summed E-state index contributed by atoms with van der Waals surface area (Å²) in [6.45, 7) is 5.94. The molecule has 1 aromatic heterocycles.